The summed E-state index contributed by atoms with van der Waals surface area (Å²) >= 11 is 0. The van der Waals surface area contributed by atoms with E-state index in [4.69, 9.17) is 9.15 Å². The SMILES string of the molecule is COC1(CNC(=O)c2ccc([N+](=O)[O-])o2)Cc2ccccc2C1. The molecule has 1 aliphatic rings. The van der Waals surface area contributed by atoms with Gasteiger partial charge < -0.3 is 14.5 Å². The number of carbonyl (C=O) groups is 1. The second kappa shape index (κ2) is 5.85. The van der Waals surface area contributed by atoms with Gasteiger partial charge in [0.25, 0.3) is 5.91 Å². The van der Waals surface area contributed by atoms with Crippen LogP contribution < -0.4 is 5.32 Å². The molecule has 0 fully saturated rings. The molecule has 0 spiro atoms. The van der Waals surface area contributed by atoms with E-state index in [1.165, 1.54) is 17.2 Å². The van der Waals surface area contributed by atoms with Gasteiger partial charge in [0.15, 0.2) is 5.76 Å². The Bertz CT molecular complexity index is 727. The van der Waals surface area contributed by atoms with Gasteiger partial charge in [0.1, 0.15) is 4.92 Å². The highest BCUT2D eigenvalue weighted by molar-refractivity contribution is 5.91. The summed E-state index contributed by atoms with van der Waals surface area (Å²) in [6, 6.07) is 10.5. The van der Waals surface area contributed by atoms with Crippen LogP contribution in [-0.2, 0) is 17.6 Å². The van der Waals surface area contributed by atoms with E-state index in [0.717, 1.165) is 6.07 Å². The van der Waals surface area contributed by atoms with Crippen molar-refractivity contribution in [1.82, 2.24) is 5.32 Å². The molecule has 0 atom stereocenters. The number of hydrogen-bond acceptors (Lipinski definition) is 5. The van der Waals surface area contributed by atoms with Gasteiger partial charge in [-0.3, -0.25) is 14.9 Å². The summed E-state index contributed by atoms with van der Waals surface area (Å²) in [5.41, 5.74) is 1.91. The highest BCUT2D eigenvalue weighted by Gasteiger charge is 2.37. The van der Waals surface area contributed by atoms with Crippen molar-refractivity contribution in [1.29, 1.82) is 0 Å². The molecule has 3 rings (SSSR count). The first kappa shape index (κ1) is 15.2. The lowest BCUT2D eigenvalue weighted by atomic mass is 10.00. The van der Waals surface area contributed by atoms with Crippen molar-refractivity contribution in [2.75, 3.05) is 13.7 Å². The van der Waals surface area contributed by atoms with Gasteiger partial charge in [-0.2, -0.15) is 0 Å². The first-order valence-electron chi connectivity index (χ1n) is 7.17. The molecule has 2 aromatic rings. The van der Waals surface area contributed by atoms with Gasteiger partial charge in [-0.05, 0) is 17.2 Å². The summed E-state index contributed by atoms with van der Waals surface area (Å²) < 4.78 is 10.6. The highest BCUT2D eigenvalue weighted by atomic mass is 16.6. The minimum Gasteiger partial charge on any atom is -0.395 e. The lowest BCUT2D eigenvalue weighted by molar-refractivity contribution is -0.402. The molecular formula is C16H16N2O5. The number of methoxy groups -OCH3 is 1. The van der Waals surface area contributed by atoms with Crippen LogP contribution in [-0.4, -0.2) is 30.1 Å². The third-order valence-corrected chi connectivity index (χ3v) is 4.14. The zero-order valence-electron chi connectivity index (χ0n) is 12.6. The van der Waals surface area contributed by atoms with Crippen LogP contribution in [0.5, 0.6) is 0 Å². The molecule has 120 valence electrons. The normalized spacial score (nSPS) is 15.2. The number of ether oxygens (including phenoxy) is 1. The van der Waals surface area contributed by atoms with Crippen LogP contribution in [0.3, 0.4) is 0 Å². The average Bonchev–Trinajstić information content (AvgIpc) is 3.17. The Labute approximate surface area is 132 Å². The fourth-order valence-electron chi connectivity index (χ4n) is 2.88. The second-order valence-electron chi connectivity index (χ2n) is 5.59. The van der Waals surface area contributed by atoms with Crippen molar-refractivity contribution in [2.24, 2.45) is 0 Å². The average molecular weight is 316 g/mol. The maximum absolute atomic E-state index is 12.1. The summed E-state index contributed by atoms with van der Waals surface area (Å²) in [7, 11) is 1.62. The first-order chi connectivity index (χ1) is 11.0. The summed E-state index contributed by atoms with van der Waals surface area (Å²) in [4.78, 5) is 22.0. The largest absolute Gasteiger partial charge is 0.433 e. The van der Waals surface area contributed by atoms with Gasteiger partial charge in [-0.15, -0.1) is 0 Å². The molecule has 1 N–H and O–H groups in total. The molecule has 1 heterocycles. The molecule has 1 aliphatic carbocycles. The number of benzene rings is 1. The molecule has 7 nitrogen and oxygen atoms in total. The summed E-state index contributed by atoms with van der Waals surface area (Å²) in [5.74, 6) is -1.03. The fourth-order valence-corrected chi connectivity index (χ4v) is 2.88. The smallest absolute Gasteiger partial charge is 0.395 e. The zero-order chi connectivity index (χ0) is 16.4. The first-order valence-corrected chi connectivity index (χ1v) is 7.17. The van der Waals surface area contributed by atoms with Crippen molar-refractivity contribution in [2.45, 2.75) is 18.4 Å². The predicted octanol–water partition coefficient (Wildman–Crippen LogP) is 2.10. The maximum atomic E-state index is 12.1. The summed E-state index contributed by atoms with van der Waals surface area (Å²) in [6.07, 6.45) is 1.41. The highest BCUT2D eigenvalue weighted by Crippen LogP contribution is 2.32. The van der Waals surface area contributed by atoms with Crippen LogP contribution >= 0.6 is 0 Å². The molecule has 0 radical (unpaired) electrons. The summed E-state index contributed by atoms with van der Waals surface area (Å²) in [5, 5.41) is 13.3. The van der Waals surface area contributed by atoms with Crippen LogP contribution in [0.1, 0.15) is 21.7 Å². The Morgan fingerprint density at radius 3 is 2.48 bits per heavy atom. The number of furan rings is 1. The van der Waals surface area contributed by atoms with Gasteiger partial charge >= 0.3 is 5.88 Å². The molecule has 0 unspecified atom stereocenters. The van der Waals surface area contributed by atoms with Gasteiger partial charge in [0, 0.05) is 26.5 Å². The van der Waals surface area contributed by atoms with Crippen molar-refractivity contribution < 1.29 is 18.9 Å². The van der Waals surface area contributed by atoms with Crippen LogP contribution in [0, 0.1) is 10.1 Å². The van der Waals surface area contributed by atoms with Crippen molar-refractivity contribution in [3.8, 4) is 0 Å². The van der Waals surface area contributed by atoms with Gasteiger partial charge in [0.2, 0.25) is 0 Å². The van der Waals surface area contributed by atoms with Crippen molar-refractivity contribution in [3.05, 3.63) is 63.4 Å². The Kier molecular flexibility index (Phi) is 3.87. The molecule has 1 amide bonds. The fraction of sp³-hybridized carbons (Fsp3) is 0.312. The third kappa shape index (κ3) is 2.95. The number of rotatable bonds is 5. The van der Waals surface area contributed by atoms with E-state index in [2.05, 4.69) is 5.32 Å². The zero-order valence-corrected chi connectivity index (χ0v) is 12.6. The van der Waals surface area contributed by atoms with E-state index >= 15 is 0 Å². The molecule has 1 aromatic carbocycles. The Hall–Kier alpha value is -2.67. The third-order valence-electron chi connectivity index (χ3n) is 4.14. The van der Waals surface area contributed by atoms with Gasteiger partial charge in [0.05, 0.1) is 11.7 Å². The molecule has 0 bridgehead atoms. The second-order valence-corrected chi connectivity index (χ2v) is 5.59. The number of fused-ring (bicyclic) bond motifs is 1. The number of nitro groups is 1. The van der Waals surface area contributed by atoms with E-state index in [9.17, 15) is 14.9 Å². The van der Waals surface area contributed by atoms with Crippen LogP contribution in [0.15, 0.2) is 40.8 Å². The maximum Gasteiger partial charge on any atom is 0.433 e. The lowest BCUT2D eigenvalue weighted by Gasteiger charge is -2.27. The monoisotopic (exact) mass is 316 g/mol. The standard InChI is InChI=1S/C16H16N2O5/c1-22-16(8-11-4-2-3-5-12(11)9-16)10-17-15(19)13-6-7-14(23-13)18(20)21/h2-7H,8-10H2,1H3,(H,17,19). The molecular weight excluding hydrogens is 300 g/mol. The van der Waals surface area contributed by atoms with Crippen LogP contribution in [0.4, 0.5) is 5.88 Å². The van der Waals surface area contributed by atoms with E-state index < -0.39 is 22.3 Å². The number of carbonyl (C=O) groups excluding carboxylic acids is 1. The number of nitrogens with zero attached hydrogens (tertiary/aromatic N) is 1. The minimum absolute atomic E-state index is 0.0848. The number of nitrogens with one attached hydrogen (secondary N) is 1. The predicted molar refractivity (Wildman–Crippen MR) is 81.3 cm³/mol. The van der Waals surface area contributed by atoms with E-state index in [0.29, 0.717) is 19.4 Å². The molecule has 0 saturated carbocycles. The Morgan fingerprint density at radius 1 is 1.30 bits per heavy atom. The molecule has 0 saturated heterocycles. The molecule has 1 aromatic heterocycles. The Morgan fingerprint density at radius 2 is 1.96 bits per heavy atom. The topological polar surface area (TPSA) is 94.6 Å². The van der Waals surface area contributed by atoms with Crippen LogP contribution in [0.25, 0.3) is 0 Å². The van der Waals surface area contributed by atoms with E-state index in [1.54, 1.807) is 7.11 Å². The number of hydrogen-bond donors (Lipinski definition) is 1. The number of amides is 1. The van der Waals surface area contributed by atoms with Gasteiger partial charge in [-0.1, -0.05) is 24.3 Å². The van der Waals surface area contributed by atoms with E-state index in [1.807, 2.05) is 24.3 Å². The lowest BCUT2D eigenvalue weighted by Crippen LogP contribution is -2.45. The molecule has 23 heavy (non-hydrogen) atoms. The van der Waals surface area contributed by atoms with Crippen molar-refractivity contribution >= 4 is 11.8 Å². The van der Waals surface area contributed by atoms with Gasteiger partial charge in [-0.25, -0.2) is 0 Å². The summed E-state index contributed by atoms with van der Waals surface area (Å²) in [6.45, 7) is 0.297. The van der Waals surface area contributed by atoms with Crippen molar-refractivity contribution in [3.63, 3.8) is 0 Å². The minimum atomic E-state index is -0.680. The molecule has 0 aliphatic heterocycles. The Balaban J connectivity index is 1.67. The quantitative estimate of drug-likeness (QED) is 0.673. The molecule has 7 heteroatoms. The van der Waals surface area contributed by atoms with E-state index in [-0.39, 0.29) is 5.76 Å². The van der Waals surface area contributed by atoms with Crippen LogP contribution in [0.2, 0.25) is 0 Å².